The van der Waals surface area contributed by atoms with Crippen LogP contribution in [0.1, 0.15) is 27.8 Å². The molecular weight excluding hydrogens is 584 g/mol. The molecule has 0 amide bonds. The van der Waals surface area contributed by atoms with Gasteiger partial charge in [-0.05, 0) is 87.0 Å². The average molecular weight is 625 g/mol. The minimum Gasteiger partial charge on any atom is -0.497 e. The van der Waals surface area contributed by atoms with Crippen LogP contribution in [0.5, 0.6) is 17.2 Å². The lowest BCUT2D eigenvalue weighted by atomic mass is 9.79. The first-order valence-electron chi connectivity index (χ1n) is 15.4. The van der Waals surface area contributed by atoms with E-state index >= 15 is 0 Å². The van der Waals surface area contributed by atoms with Gasteiger partial charge in [-0.25, -0.2) is 0 Å². The summed E-state index contributed by atoms with van der Waals surface area (Å²) in [5.74, 6) is 2.27. The molecule has 0 atom stereocenters. The third-order valence-electron chi connectivity index (χ3n) is 8.17. The number of hydrogen-bond donors (Lipinski definition) is 1. The lowest BCUT2D eigenvalue weighted by molar-refractivity contribution is -0.000287. The number of aliphatic hydroxyl groups excluding tert-OH is 1. The van der Waals surface area contributed by atoms with E-state index in [1.54, 1.807) is 20.3 Å². The van der Waals surface area contributed by atoms with Crippen molar-refractivity contribution in [1.29, 1.82) is 0 Å². The summed E-state index contributed by atoms with van der Waals surface area (Å²) < 4.78 is 24.0. The zero-order valence-electron chi connectivity index (χ0n) is 26.9. The van der Waals surface area contributed by atoms with Crippen LogP contribution in [0.15, 0.2) is 158 Å². The number of ether oxygens (including phenoxy) is 4. The third kappa shape index (κ3) is 7.55. The Morgan fingerprint density at radius 2 is 1.26 bits per heavy atom. The van der Waals surface area contributed by atoms with E-state index < -0.39 is 5.60 Å². The Morgan fingerprint density at radius 3 is 1.81 bits per heavy atom. The van der Waals surface area contributed by atoms with Crippen molar-refractivity contribution in [1.82, 2.24) is 0 Å². The molecule has 0 saturated carbocycles. The Hall–Kier alpha value is -5.36. The van der Waals surface area contributed by atoms with Gasteiger partial charge in [0.2, 0.25) is 0 Å². The molecule has 5 aromatic rings. The smallest absolute Gasteiger partial charge is 0.144 e. The van der Waals surface area contributed by atoms with Crippen molar-refractivity contribution < 1.29 is 24.1 Å². The Labute approximate surface area is 277 Å². The second-order valence-corrected chi connectivity index (χ2v) is 10.9. The van der Waals surface area contributed by atoms with Crippen LogP contribution in [0.2, 0.25) is 0 Å². The minimum absolute atomic E-state index is 0.0146. The number of allylic oxidation sites excluding steroid dienone is 2. The molecule has 0 spiro atoms. The summed E-state index contributed by atoms with van der Waals surface area (Å²) in [5, 5.41) is 9.62. The lowest BCUT2D eigenvalue weighted by Gasteiger charge is -2.37. The Kier molecular flexibility index (Phi) is 11.1. The molecule has 0 bridgehead atoms. The highest BCUT2D eigenvalue weighted by Gasteiger charge is 2.38. The lowest BCUT2D eigenvalue weighted by Crippen LogP contribution is -2.33. The molecular formula is C42H40O5. The van der Waals surface area contributed by atoms with E-state index in [2.05, 4.69) is 43.5 Å². The van der Waals surface area contributed by atoms with Gasteiger partial charge in [0, 0.05) is 0 Å². The van der Waals surface area contributed by atoms with Crippen molar-refractivity contribution in [2.45, 2.75) is 25.4 Å². The standard InChI is InChI=1S/C42H40O5/c1-5-10-36(6-2)42(37-17-23-39(44-3)24-18-37,38-19-25-40(45-4)26-20-38)47-29-31-11-9-14-33(27-31)32-15-21-41(22-16-32)46-30-35-13-8-7-12-34(35)28-43/h5-27,43H,1-2,28-30H2,3-4H3/b36-10+. The average Bonchev–Trinajstić information content (AvgIpc) is 3.14. The largest absolute Gasteiger partial charge is 0.497 e. The summed E-state index contributed by atoms with van der Waals surface area (Å²) in [5.41, 5.74) is 6.65. The van der Waals surface area contributed by atoms with Crippen LogP contribution in [-0.2, 0) is 30.2 Å². The van der Waals surface area contributed by atoms with Gasteiger partial charge < -0.3 is 24.1 Å². The minimum atomic E-state index is -1.00. The second kappa shape index (κ2) is 15.8. The van der Waals surface area contributed by atoms with Crippen LogP contribution < -0.4 is 14.2 Å². The first kappa shape index (κ1) is 33.0. The number of rotatable bonds is 15. The molecule has 0 aliphatic heterocycles. The van der Waals surface area contributed by atoms with Crippen LogP contribution in [0.4, 0.5) is 0 Å². The molecule has 0 saturated heterocycles. The van der Waals surface area contributed by atoms with Gasteiger partial charge in [-0.2, -0.15) is 0 Å². The highest BCUT2D eigenvalue weighted by Crippen LogP contribution is 2.43. The Balaban J connectivity index is 1.44. The van der Waals surface area contributed by atoms with Crippen molar-refractivity contribution in [2.75, 3.05) is 14.2 Å². The van der Waals surface area contributed by atoms with Crippen molar-refractivity contribution in [3.05, 3.63) is 186 Å². The van der Waals surface area contributed by atoms with E-state index in [0.717, 1.165) is 61.8 Å². The highest BCUT2D eigenvalue weighted by atomic mass is 16.5. The van der Waals surface area contributed by atoms with Gasteiger partial charge in [0.1, 0.15) is 29.5 Å². The summed E-state index contributed by atoms with van der Waals surface area (Å²) in [6.45, 7) is 8.82. The number of benzene rings is 5. The van der Waals surface area contributed by atoms with Gasteiger partial charge in [-0.15, -0.1) is 0 Å². The molecule has 5 rings (SSSR count). The van der Waals surface area contributed by atoms with E-state index in [1.165, 1.54) is 0 Å². The van der Waals surface area contributed by atoms with Crippen molar-refractivity contribution in [3.8, 4) is 28.4 Å². The number of methoxy groups -OCH3 is 2. The van der Waals surface area contributed by atoms with Gasteiger partial charge in [0.15, 0.2) is 0 Å². The summed E-state index contributed by atoms with van der Waals surface area (Å²) in [4.78, 5) is 0. The van der Waals surface area contributed by atoms with Crippen LogP contribution in [0.3, 0.4) is 0 Å². The predicted molar refractivity (Wildman–Crippen MR) is 189 cm³/mol. The van der Waals surface area contributed by atoms with Gasteiger partial charge in [0.25, 0.3) is 0 Å². The van der Waals surface area contributed by atoms with E-state index in [9.17, 15) is 5.11 Å². The molecule has 238 valence electrons. The fraction of sp³-hybridized carbons (Fsp3) is 0.143. The Bertz CT molecular complexity index is 1750. The fourth-order valence-corrected chi connectivity index (χ4v) is 5.65. The van der Waals surface area contributed by atoms with Crippen LogP contribution in [-0.4, -0.2) is 19.3 Å². The number of aliphatic hydroxyl groups is 1. The monoisotopic (exact) mass is 624 g/mol. The van der Waals surface area contributed by atoms with Crippen LogP contribution in [0.25, 0.3) is 11.1 Å². The van der Waals surface area contributed by atoms with Gasteiger partial charge >= 0.3 is 0 Å². The maximum absolute atomic E-state index is 9.62. The zero-order chi connectivity index (χ0) is 33.1. The highest BCUT2D eigenvalue weighted by molar-refractivity contribution is 5.65. The third-order valence-corrected chi connectivity index (χ3v) is 8.17. The molecule has 0 unspecified atom stereocenters. The van der Waals surface area contributed by atoms with Crippen molar-refractivity contribution in [2.24, 2.45) is 0 Å². The summed E-state index contributed by atoms with van der Waals surface area (Å²) in [6, 6.07) is 39.9. The maximum Gasteiger partial charge on any atom is 0.144 e. The molecule has 1 N–H and O–H groups in total. The molecule has 0 radical (unpaired) electrons. The van der Waals surface area contributed by atoms with E-state index in [4.69, 9.17) is 18.9 Å². The van der Waals surface area contributed by atoms with Crippen LogP contribution >= 0.6 is 0 Å². The van der Waals surface area contributed by atoms with Gasteiger partial charge in [-0.1, -0.05) is 110 Å². The summed E-state index contributed by atoms with van der Waals surface area (Å²) >= 11 is 0. The molecule has 47 heavy (non-hydrogen) atoms. The molecule has 5 heteroatoms. The topological polar surface area (TPSA) is 57.2 Å². The normalized spacial score (nSPS) is 11.5. The zero-order valence-corrected chi connectivity index (χ0v) is 26.9. The van der Waals surface area contributed by atoms with E-state index in [1.807, 2.05) is 103 Å². The predicted octanol–water partition coefficient (Wildman–Crippen LogP) is 9.20. The molecule has 0 aromatic heterocycles. The van der Waals surface area contributed by atoms with Crippen LogP contribution in [0, 0.1) is 0 Å². The van der Waals surface area contributed by atoms with Crippen molar-refractivity contribution >= 4 is 0 Å². The van der Waals surface area contributed by atoms with Crippen molar-refractivity contribution in [3.63, 3.8) is 0 Å². The van der Waals surface area contributed by atoms with E-state index in [0.29, 0.717) is 13.2 Å². The molecule has 0 heterocycles. The van der Waals surface area contributed by atoms with Gasteiger partial charge in [-0.3, -0.25) is 0 Å². The maximum atomic E-state index is 9.62. The quantitative estimate of drug-likeness (QED) is 0.118. The number of hydrogen-bond acceptors (Lipinski definition) is 5. The van der Waals surface area contributed by atoms with E-state index in [-0.39, 0.29) is 6.61 Å². The first-order valence-corrected chi connectivity index (χ1v) is 15.4. The second-order valence-electron chi connectivity index (χ2n) is 10.9. The molecule has 5 aromatic carbocycles. The molecule has 0 fully saturated rings. The van der Waals surface area contributed by atoms with Gasteiger partial charge in [0.05, 0.1) is 27.4 Å². The summed E-state index contributed by atoms with van der Waals surface area (Å²) in [7, 11) is 3.31. The Morgan fingerprint density at radius 1 is 0.660 bits per heavy atom. The summed E-state index contributed by atoms with van der Waals surface area (Å²) in [6.07, 6.45) is 5.50. The molecule has 0 aliphatic rings. The first-order chi connectivity index (χ1) is 23.0. The molecule has 5 nitrogen and oxygen atoms in total. The fourth-order valence-electron chi connectivity index (χ4n) is 5.65. The molecule has 0 aliphatic carbocycles. The SMILES string of the molecule is C=C/C=C(\C=C)C(OCc1cccc(-c2ccc(OCc3ccccc3CO)cc2)c1)(c1ccc(OC)cc1)c1ccc(OC)cc1.